The molecule has 0 aromatic rings. The number of likely N-dealkylation sites (N-methyl/N-ethyl adjacent to an activating group) is 1. The minimum Gasteiger partial charge on any atom is -0.409 e. The summed E-state index contributed by atoms with van der Waals surface area (Å²) in [4.78, 5) is 14.9. The van der Waals surface area contributed by atoms with E-state index in [1.54, 1.807) is 0 Å². The lowest BCUT2D eigenvalue weighted by Crippen LogP contribution is -2.60. The molecular formula is C15H28N4O2. The molecule has 4 N–H and O–H groups in total. The maximum absolute atomic E-state index is 12.7. The lowest BCUT2D eigenvalue weighted by Gasteiger charge is -2.48. The number of amides is 1. The van der Waals surface area contributed by atoms with Gasteiger partial charge in [0.05, 0.1) is 0 Å². The second-order valence-corrected chi connectivity index (χ2v) is 6.78. The second-order valence-electron chi connectivity index (χ2n) is 6.78. The van der Waals surface area contributed by atoms with Crippen molar-refractivity contribution in [2.45, 2.75) is 56.9 Å². The van der Waals surface area contributed by atoms with E-state index >= 15 is 0 Å². The summed E-state index contributed by atoms with van der Waals surface area (Å²) in [7, 11) is 4.12. The van der Waals surface area contributed by atoms with Crippen LogP contribution in [0.15, 0.2) is 5.16 Å². The van der Waals surface area contributed by atoms with Crippen LogP contribution in [0.2, 0.25) is 0 Å². The first-order chi connectivity index (χ1) is 9.97. The molecule has 2 aliphatic carbocycles. The molecular weight excluding hydrogens is 268 g/mol. The minimum atomic E-state index is -0.815. The standard InChI is InChI=1S/C15H28N4O2/c1-19(2)14(7-6-8-14)11-17-13(20)15(12(16)18-21)9-4-3-5-10-15/h21H,3-11H2,1-2H3,(H2,16,18)(H,17,20). The molecule has 0 saturated heterocycles. The number of nitrogens with two attached hydrogens (primary N) is 1. The van der Waals surface area contributed by atoms with Crippen LogP contribution in [0.3, 0.4) is 0 Å². The number of hydrogen-bond donors (Lipinski definition) is 3. The van der Waals surface area contributed by atoms with Crippen LogP contribution in [0, 0.1) is 5.41 Å². The molecule has 2 saturated carbocycles. The molecule has 1 amide bonds. The normalized spacial score (nSPS) is 24.4. The highest BCUT2D eigenvalue weighted by Gasteiger charge is 2.46. The van der Waals surface area contributed by atoms with Gasteiger partial charge in [0, 0.05) is 12.1 Å². The summed E-state index contributed by atoms with van der Waals surface area (Å²) in [6, 6.07) is 0. The lowest BCUT2D eigenvalue weighted by molar-refractivity contribution is -0.130. The monoisotopic (exact) mass is 296 g/mol. The molecule has 0 unspecified atom stereocenters. The van der Waals surface area contributed by atoms with E-state index in [4.69, 9.17) is 10.9 Å². The Hall–Kier alpha value is -1.30. The number of hydrogen-bond acceptors (Lipinski definition) is 4. The zero-order valence-corrected chi connectivity index (χ0v) is 13.2. The van der Waals surface area contributed by atoms with Gasteiger partial charge in [-0.3, -0.25) is 4.79 Å². The fourth-order valence-corrected chi connectivity index (χ4v) is 3.63. The number of carbonyl (C=O) groups is 1. The molecule has 0 aromatic heterocycles. The minimum absolute atomic E-state index is 0.0622. The molecule has 0 aliphatic heterocycles. The van der Waals surface area contributed by atoms with E-state index in [2.05, 4.69) is 29.5 Å². The second kappa shape index (κ2) is 6.22. The molecule has 6 heteroatoms. The Kier molecular flexibility index (Phi) is 4.76. The third kappa shape index (κ3) is 2.86. The van der Waals surface area contributed by atoms with Crippen molar-refractivity contribution < 1.29 is 10.0 Å². The summed E-state index contributed by atoms with van der Waals surface area (Å²) in [6.07, 6.45) is 7.76. The first-order valence-corrected chi connectivity index (χ1v) is 7.91. The molecule has 0 aromatic carbocycles. The molecule has 0 radical (unpaired) electrons. The van der Waals surface area contributed by atoms with Gasteiger partial charge < -0.3 is 21.2 Å². The fraction of sp³-hybridized carbons (Fsp3) is 0.867. The summed E-state index contributed by atoms with van der Waals surface area (Å²) in [5, 5.41) is 15.3. The van der Waals surface area contributed by atoms with E-state index in [-0.39, 0.29) is 17.3 Å². The van der Waals surface area contributed by atoms with Crippen molar-refractivity contribution in [1.29, 1.82) is 0 Å². The molecule has 21 heavy (non-hydrogen) atoms. The molecule has 2 rings (SSSR count). The highest BCUT2D eigenvalue weighted by Crippen LogP contribution is 2.38. The maximum atomic E-state index is 12.7. The van der Waals surface area contributed by atoms with Crippen molar-refractivity contribution in [1.82, 2.24) is 10.2 Å². The Bertz CT molecular complexity index is 410. The van der Waals surface area contributed by atoms with Crippen molar-refractivity contribution >= 4 is 11.7 Å². The van der Waals surface area contributed by atoms with E-state index in [9.17, 15) is 4.79 Å². The van der Waals surface area contributed by atoms with Crippen molar-refractivity contribution in [2.24, 2.45) is 16.3 Å². The number of nitrogens with one attached hydrogen (secondary N) is 1. The predicted molar refractivity (Wildman–Crippen MR) is 82.2 cm³/mol. The van der Waals surface area contributed by atoms with Crippen LogP contribution < -0.4 is 11.1 Å². The van der Waals surface area contributed by atoms with Crippen molar-refractivity contribution in [3.8, 4) is 0 Å². The molecule has 0 spiro atoms. The van der Waals surface area contributed by atoms with Gasteiger partial charge in [0.1, 0.15) is 5.41 Å². The zero-order valence-electron chi connectivity index (χ0n) is 13.2. The highest BCUT2D eigenvalue weighted by atomic mass is 16.4. The van der Waals surface area contributed by atoms with E-state index in [0.29, 0.717) is 19.4 Å². The smallest absolute Gasteiger partial charge is 0.234 e. The third-order valence-corrected chi connectivity index (χ3v) is 5.55. The quantitative estimate of drug-likeness (QED) is 0.308. The van der Waals surface area contributed by atoms with Gasteiger partial charge in [0.2, 0.25) is 5.91 Å². The lowest BCUT2D eigenvalue weighted by atomic mass is 9.71. The first-order valence-electron chi connectivity index (χ1n) is 7.91. The van der Waals surface area contributed by atoms with Crippen molar-refractivity contribution in [2.75, 3.05) is 20.6 Å². The SMILES string of the molecule is CN(C)C1(CNC(=O)C2(C(N)=NO)CCCCC2)CCC1. The van der Waals surface area contributed by atoms with Gasteiger partial charge in [-0.15, -0.1) is 0 Å². The van der Waals surface area contributed by atoms with Crippen molar-refractivity contribution in [3.63, 3.8) is 0 Å². The molecule has 0 heterocycles. The summed E-state index contributed by atoms with van der Waals surface area (Å²) in [6.45, 7) is 0.638. The van der Waals surface area contributed by atoms with Gasteiger partial charge in [0.15, 0.2) is 5.84 Å². The third-order valence-electron chi connectivity index (χ3n) is 5.55. The average molecular weight is 296 g/mol. The summed E-state index contributed by atoms with van der Waals surface area (Å²) < 4.78 is 0. The van der Waals surface area contributed by atoms with Crippen molar-refractivity contribution in [3.05, 3.63) is 0 Å². The molecule has 0 bridgehead atoms. The molecule has 2 aliphatic rings. The fourth-order valence-electron chi connectivity index (χ4n) is 3.63. The van der Waals surface area contributed by atoms with Gasteiger partial charge in [-0.1, -0.05) is 24.4 Å². The Balaban J connectivity index is 2.06. The Labute approximate surface area is 126 Å². The van der Waals surface area contributed by atoms with Crippen LogP contribution in [0.5, 0.6) is 0 Å². The van der Waals surface area contributed by atoms with Crippen LogP contribution in [-0.2, 0) is 4.79 Å². The van der Waals surface area contributed by atoms with Gasteiger partial charge in [-0.2, -0.15) is 0 Å². The van der Waals surface area contributed by atoms with E-state index in [1.165, 1.54) is 6.42 Å². The Morgan fingerprint density at radius 1 is 1.19 bits per heavy atom. The Morgan fingerprint density at radius 2 is 1.81 bits per heavy atom. The van der Waals surface area contributed by atoms with E-state index < -0.39 is 5.41 Å². The van der Waals surface area contributed by atoms with Crippen LogP contribution in [0.1, 0.15) is 51.4 Å². The molecule has 6 nitrogen and oxygen atoms in total. The zero-order chi connectivity index (χ0) is 15.5. The van der Waals surface area contributed by atoms with Crippen LogP contribution in [0.4, 0.5) is 0 Å². The Morgan fingerprint density at radius 3 is 2.24 bits per heavy atom. The topological polar surface area (TPSA) is 91.0 Å². The average Bonchev–Trinajstić information content (AvgIpc) is 2.45. The number of oxime groups is 1. The summed E-state index contributed by atoms with van der Waals surface area (Å²) in [5.41, 5.74) is 5.12. The van der Waals surface area contributed by atoms with E-state index in [1.807, 2.05) is 0 Å². The largest absolute Gasteiger partial charge is 0.409 e. The van der Waals surface area contributed by atoms with Gasteiger partial charge in [-0.25, -0.2) is 0 Å². The van der Waals surface area contributed by atoms with Gasteiger partial charge >= 0.3 is 0 Å². The van der Waals surface area contributed by atoms with Gasteiger partial charge in [0.25, 0.3) is 0 Å². The van der Waals surface area contributed by atoms with Crippen LogP contribution >= 0.6 is 0 Å². The first kappa shape index (κ1) is 16.1. The van der Waals surface area contributed by atoms with Crippen LogP contribution in [0.25, 0.3) is 0 Å². The highest BCUT2D eigenvalue weighted by molar-refractivity contribution is 6.06. The van der Waals surface area contributed by atoms with E-state index in [0.717, 1.165) is 32.1 Å². The summed E-state index contributed by atoms with van der Waals surface area (Å²) >= 11 is 0. The maximum Gasteiger partial charge on any atom is 0.234 e. The van der Waals surface area contributed by atoms with Crippen LogP contribution in [-0.4, -0.2) is 48.0 Å². The number of amidine groups is 1. The predicted octanol–water partition coefficient (Wildman–Crippen LogP) is 1.28. The number of carbonyl (C=O) groups excluding carboxylic acids is 1. The molecule has 0 atom stereocenters. The number of rotatable bonds is 5. The number of nitrogens with zero attached hydrogens (tertiary/aromatic N) is 2. The van der Waals surface area contributed by atoms with Gasteiger partial charge in [-0.05, 0) is 46.2 Å². The summed E-state index contributed by atoms with van der Waals surface area (Å²) in [5.74, 6) is -0.0159. The molecule has 2 fully saturated rings. The molecule has 120 valence electrons.